The van der Waals surface area contributed by atoms with Gasteiger partial charge in [-0.2, -0.15) is 0 Å². The number of aryl methyl sites for hydroxylation is 1. The molecule has 3 rings (SSSR count). The number of halogens is 1. The van der Waals surface area contributed by atoms with Gasteiger partial charge in [-0.3, -0.25) is 0 Å². The smallest absolute Gasteiger partial charge is 0.131 e. The molecule has 0 fully saturated rings. The Hall–Kier alpha value is -2.09. The molecule has 0 saturated carbocycles. The first kappa shape index (κ1) is 10.1. The number of rotatable bonds is 1. The first-order valence-corrected chi connectivity index (χ1v) is 5.58. The van der Waals surface area contributed by atoms with E-state index in [1.54, 1.807) is 6.07 Å². The Kier molecular flexibility index (Phi) is 2.22. The van der Waals surface area contributed by atoms with Crippen LogP contribution in [0.1, 0.15) is 5.56 Å². The van der Waals surface area contributed by atoms with E-state index in [1.165, 1.54) is 0 Å². The van der Waals surface area contributed by atoms with E-state index in [2.05, 4.69) is 4.98 Å². The van der Waals surface area contributed by atoms with Crippen molar-refractivity contribution >= 4 is 10.9 Å². The van der Waals surface area contributed by atoms with E-state index >= 15 is 0 Å². The summed E-state index contributed by atoms with van der Waals surface area (Å²) in [6.07, 6.45) is 1.88. The Morgan fingerprint density at radius 3 is 2.71 bits per heavy atom. The second-order valence-corrected chi connectivity index (χ2v) is 4.23. The third-order valence-electron chi connectivity index (χ3n) is 3.01. The van der Waals surface area contributed by atoms with Crippen LogP contribution in [0.25, 0.3) is 22.0 Å². The first-order chi connectivity index (χ1) is 8.25. The van der Waals surface area contributed by atoms with Crippen molar-refractivity contribution in [3.8, 4) is 11.1 Å². The average molecular weight is 225 g/mol. The molecule has 0 atom stereocenters. The van der Waals surface area contributed by atoms with E-state index in [4.69, 9.17) is 0 Å². The minimum Gasteiger partial charge on any atom is -0.361 e. The summed E-state index contributed by atoms with van der Waals surface area (Å²) in [5.41, 5.74) is 3.55. The molecule has 0 aliphatic heterocycles. The number of hydrogen-bond acceptors (Lipinski definition) is 0. The van der Waals surface area contributed by atoms with Gasteiger partial charge in [0.15, 0.2) is 0 Å². The van der Waals surface area contributed by atoms with Gasteiger partial charge in [0.2, 0.25) is 0 Å². The molecule has 3 aromatic rings. The van der Waals surface area contributed by atoms with E-state index < -0.39 is 0 Å². The molecule has 0 spiro atoms. The molecular weight excluding hydrogens is 213 g/mol. The lowest BCUT2D eigenvalue weighted by molar-refractivity contribution is 0.630. The van der Waals surface area contributed by atoms with Crippen molar-refractivity contribution in [3.05, 3.63) is 60.0 Å². The molecule has 2 aromatic carbocycles. The molecule has 1 nitrogen and oxygen atoms in total. The van der Waals surface area contributed by atoms with Gasteiger partial charge < -0.3 is 4.98 Å². The Labute approximate surface area is 98.9 Å². The molecule has 2 heteroatoms. The first-order valence-electron chi connectivity index (χ1n) is 5.58. The molecule has 0 saturated heterocycles. The number of fused-ring (bicyclic) bond motifs is 1. The third-order valence-corrected chi connectivity index (χ3v) is 3.01. The van der Waals surface area contributed by atoms with Crippen LogP contribution in [0.5, 0.6) is 0 Å². The van der Waals surface area contributed by atoms with Crippen LogP contribution < -0.4 is 0 Å². The number of nitrogens with one attached hydrogen (secondary N) is 1. The summed E-state index contributed by atoms with van der Waals surface area (Å²) in [6.45, 7) is 1.89. The van der Waals surface area contributed by atoms with E-state index in [1.807, 2.05) is 49.5 Å². The summed E-state index contributed by atoms with van der Waals surface area (Å²) in [5, 5.41) is 1.05. The van der Waals surface area contributed by atoms with Crippen LogP contribution in [0.2, 0.25) is 0 Å². The minimum absolute atomic E-state index is 0.168. The van der Waals surface area contributed by atoms with Crippen LogP contribution in [0, 0.1) is 12.7 Å². The second kappa shape index (κ2) is 3.74. The molecule has 1 heterocycles. The third kappa shape index (κ3) is 1.62. The minimum atomic E-state index is -0.168. The van der Waals surface area contributed by atoms with E-state index in [0.29, 0.717) is 5.56 Å². The van der Waals surface area contributed by atoms with Gasteiger partial charge >= 0.3 is 0 Å². The molecular formula is C15H12FN. The normalized spacial score (nSPS) is 10.9. The Balaban J connectivity index is 2.30. The van der Waals surface area contributed by atoms with Gasteiger partial charge in [-0.25, -0.2) is 4.39 Å². The van der Waals surface area contributed by atoms with Crippen molar-refractivity contribution in [2.75, 3.05) is 0 Å². The van der Waals surface area contributed by atoms with E-state index in [-0.39, 0.29) is 5.82 Å². The zero-order chi connectivity index (χ0) is 11.8. The van der Waals surface area contributed by atoms with Crippen molar-refractivity contribution in [3.63, 3.8) is 0 Å². The summed E-state index contributed by atoms with van der Waals surface area (Å²) in [4.78, 5) is 3.14. The molecule has 17 heavy (non-hydrogen) atoms. The fourth-order valence-electron chi connectivity index (χ4n) is 2.16. The molecule has 0 bridgehead atoms. The summed E-state index contributed by atoms with van der Waals surface area (Å²) >= 11 is 0. The largest absolute Gasteiger partial charge is 0.361 e. The molecule has 84 valence electrons. The zero-order valence-electron chi connectivity index (χ0n) is 9.50. The van der Waals surface area contributed by atoms with E-state index in [0.717, 1.165) is 22.0 Å². The number of aromatic amines is 1. The van der Waals surface area contributed by atoms with Gasteiger partial charge in [0.25, 0.3) is 0 Å². The van der Waals surface area contributed by atoms with Crippen LogP contribution in [-0.2, 0) is 0 Å². The van der Waals surface area contributed by atoms with Crippen molar-refractivity contribution in [1.82, 2.24) is 4.98 Å². The fraction of sp³-hybridized carbons (Fsp3) is 0.0667. The molecule has 0 aliphatic rings. The Bertz CT molecular complexity index is 682. The van der Waals surface area contributed by atoms with Gasteiger partial charge in [0, 0.05) is 22.7 Å². The Morgan fingerprint density at radius 2 is 1.88 bits per heavy atom. The zero-order valence-corrected chi connectivity index (χ0v) is 9.50. The molecule has 0 aliphatic carbocycles. The molecule has 0 amide bonds. The molecule has 1 N–H and O–H groups in total. The molecule has 0 radical (unpaired) electrons. The van der Waals surface area contributed by atoms with Gasteiger partial charge in [-0.05, 0) is 36.2 Å². The fourth-order valence-corrected chi connectivity index (χ4v) is 2.16. The van der Waals surface area contributed by atoms with Crippen molar-refractivity contribution in [2.24, 2.45) is 0 Å². The maximum atomic E-state index is 14.0. The van der Waals surface area contributed by atoms with Crippen LogP contribution in [-0.4, -0.2) is 4.98 Å². The number of aromatic nitrogens is 1. The summed E-state index contributed by atoms with van der Waals surface area (Å²) in [6, 6.07) is 13.2. The molecule has 1 aromatic heterocycles. The molecule has 0 unspecified atom stereocenters. The summed E-state index contributed by atoms with van der Waals surface area (Å²) < 4.78 is 14.0. The van der Waals surface area contributed by atoms with Gasteiger partial charge in [0.05, 0.1) is 0 Å². The summed E-state index contributed by atoms with van der Waals surface area (Å²) in [7, 11) is 0. The highest BCUT2D eigenvalue weighted by atomic mass is 19.1. The summed E-state index contributed by atoms with van der Waals surface area (Å²) in [5.74, 6) is -0.168. The van der Waals surface area contributed by atoms with Crippen LogP contribution >= 0.6 is 0 Å². The number of benzene rings is 2. The maximum absolute atomic E-state index is 14.0. The lowest BCUT2D eigenvalue weighted by Crippen LogP contribution is -1.86. The number of hydrogen-bond donors (Lipinski definition) is 1. The highest BCUT2D eigenvalue weighted by Gasteiger charge is 2.08. The predicted molar refractivity (Wildman–Crippen MR) is 68.4 cm³/mol. The van der Waals surface area contributed by atoms with Gasteiger partial charge in [0.1, 0.15) is 5.82 Å². The van der Waals surface area contributed by atoms with Crippen LogP contribution in [0.4, 0.5) is 4.39 Å². The standard InChI is InChI=1S/C15H12FN/c1-10-5-6-12(14(16)9-10)11-3-2-4-15-13(11)7-8-17-15/h2-9,17H,1H3. The lowest BCUT2D eigenvalue weighted by Gasteiger charge is -2.06. The maximum Gasteiger partial charge on any atom is 0.131 e. The Morgan fingerprint density at radius 1 is 1.00 bits per heavy atom. The second-order valence-electron chi connectivity index (χ2n) is 4.23. The predicted octanol–water partition coefficient (Wildman–Crippen LogP) is 4.28. The van der Waals surface area contributed by atoms with Gasteiger partial charge in [-0.1, -0.05) is 24.3 Å². The quantitative estimate of drug-likeness (QED) is 0.636. The van der Waals surface area contributed by atoms with Crippen molar-refractivity contribution in [1.29, 1.82) is 0 Å². The SMILES string of the molecule is Cc1ccc(-c2cccc3[nH]ccc23)c(F)c1. The van der Waals surface area contributed by atoms with Gasteiger partial charge in [-0.15, -0.1) is 0 Å². The topological polar surface area (TPSA) is 15.8 Å². The van der Waals surface area contributed by atoms with Crippen molar-refractivity contribution in [2.45, 2.75) is 6.92 Å². The van der Waals surface area contributed by atoms with E-state index in [9.17, 15) is 4.39 Å². The monoisotopic (exact) mass is 225 g/mol. The average Bonchev–Trinajstić information content (AvgIpc) is 2.77. The van der Waals surface area contributed by atoms with Crippen molar-refractivity contribution < 1.29 is 4.39 Å². The highest BCUT2D eigenvalue weighted by Crippen LogP contribution is 2.30. The highest BCUT2D eigenvalue weighted by molar-refractivity contribution is 5.95. The van der Waals surface area contributed by atoms with Crippen LogP contribution in [0.15, 0.2) is 48.7 Å². The number of H-pyrrole nitrogens is 1. The van der Waals surface area contributed by atoms with Crippen LogP contribution in [0.3, 0.4) is 0 Å². The lowest BCUT2D eigenvalue weighted by atomic mass is 10.0.